The minimum atomic E-state index is 0.277. The summed E-state index contributed by atoms with van der Waals surface area (Å²) < 4.78 is 5.83. The number of amides is 1. The van der Waals surface area contributed by atoms with E-state index < -0.39 is 0 Å². The Morgan fingerprint density at radius 1 is 1.38 bits per heavy atom. The molecule has 114 valence electrons. The van der Waals surface area contributed by atoms with Gasteiger partial charge in [0.25, 0.3) is 0 Å². The van der Waals surface area contributed by atoms with E-state index in [1.54, 1.807) is 18.0 Å². The predicted octanol–water partition coefficient (Wildman–Crippen LogP) is 2.73. The highest BCUT2D eigenvalue weighted by Gasteiger charge is 2.36. The first-order valence-corrected chi connectivity index (χ1v) is 8.78. The molecule has 0 bridgehead atoms. The minimum Gasteiger partial charge on any atom is -0.374 e. The van der Waals surface area contributed by atoms with Gasteiger partial charge in [0.2, 0.25) is 5.91 Å². The summed E-state index contributed by atoms with van der Waals surface area (Å²) in [4.78, 5) is 18.8. The van der Waals surface area contributed by atoms with Crippen molar-refractivity contribution in [1.29, 1.82) is 0 Å². The van der Waals surface area contributed by atoms with E-state index in [9.17, 15) is 4.79 Å². The maximum Gasteiger partial charge on any atom is 0.223 e. The largest absolute Gasteiger partial charge is 0.374 e. The van der Waals surface area contributed by atoms with Crippen LogP contribution >= 0.6 is 11.8 Å². The average Bonchev–Trinajstić information content (AvgIpc) is 2.55. The summed E-state index contributed by atoms with van der Waals surface area (Å²) in [5.41, 5.74) is 0. The second-order valence-electron chi connectivity index (χ2n) is 5.61. The monoisotopic (exact) mass is 306 g/mol. The number of morpholine rings is 1. The third kappa shape index (κ3) is 3.77. The fourth-order valence-electron chi connectivity index (χ4n) is 3.23. The lowest BCUT2D eigenvalue weighted by atomic mass is 9.90. The Morgan fingerprint density at radius 3 is 3.14 bits per heavy atom. The van der Waals surface area contributed by atoms with Crippen LogP contribution in [0.1, 0.15) is 32.1 Å². The fourth-order valence-corrected chi connectivity index (χ4v) is 4.02. The molecule has 0 N–H and O–H groups in total. The van der Waals surface area contributed by atoms with Gasteiger partial charge in [-0.2, -0.15) is 0 Å². The Morgan fingerprint density at radius 2 is 2.29 bits per heavy atom. The smallest absolute Gasteiger partial charge is 0.223 e. The number of carbonyl (C=O) groups excluding carboxylic acids is 1. The highest BCUT2D eigenvalue weighted by Crippen LogP contribution is 2.29. The highest BCUT2D eigenvalue weighted by atomic mass is 32.2. The Labute approximate surface area is 130 Å². The number of pyridine rings is 1. The van der Waals surface area contributed by atoms with Gasteiger partial charge < -0.3 is 9.64 Å². The van der Waals surface area contributed by atoms with Crippen molar-refractivity contribution in [2.45, 2.75) is 49.3 Å². The number of fused-ring (bicyclic) bond motifs is 1. The number of hydrogen-bond acceptors (Lipinski definition) is 4. The SMILES string of the molecule is O=C(CCSc1ccccn1)N1CCOC2CCCCC21. The van der Waals surface area contributed by atoms with Gasteiger partial charge in [0.15, 0.2) is 0 Å². The Hall–Kier alpha value is -1.07. The highest BCUT2D eigenvalue weighted by molar-refractivity contribution is 7.99. The van der Waals surface area contributed by atoms with Gasteiger partial charge in [0.1, 0.15) is 0 Å². The Balaban J connectivity index is 1.50. The molecule has 2 aliphatic rings. The third-order valence-electron chi connectivity index (χ3n) is 4.26. The summed E-state index contributed by atoms with van der Waals surface area (Å²) in [7, 11) is 0. The van der Waals surface area contributed by atoms with Crippen LogP contribution in [0.5, 0.6) is 0 Å². The maximum absolute atomic E-state index is 12.5. The lowest BCUT2D eigenvalue weighted by molar-refractivity contribution is -0.149. The van der Waals surface area contributed by atoms with Gasteiger partial charge >= 0.3 is 0 Å². The molecule has 5 heteroatoms. The summed E-state index contributed by atoms with van der Waals surface area (Å²) >= 11 is 1.65. The number of hydrogen-bond donors (Lipinski definition) is 0. The first-order valence-electron chi connectivity index (χ1n) is 7.79. The van der Waals surface area contributed by atoms with Crippen molar-refractivity contribution in [3.05, 3.63) is 24.4 Å². The number of thioether (sulfide) groups is 1. The van der Waals surface area contributed by atoms with Crippen molar-refractivity contribution in [2.24, 2.45) is 0 Å². The van der Waals surface area contributed by atoms with Gasteiger partial charge in [-0.25, -0.2) is 4.98 Å². The molecule has 1 aromatic rings. The summed E-state index contributed by atoms with van der Waals surface area (Å²) in [6, 6.07) is 6.19. The van der Waals surface area contributed by atoms with E-state index in [0.29, 0.717) is 19.1 Å². The molecule has 4 nitrogen and oxygen atoms in total. The van der Waals surface area contributed by atoms with E-state index in [4.69, 9.17) is 4.74 Å². The van der Waals surface area contributed by atoms with Crippen LogP contribution in [0.2, 0.25) is 0 Å². The molecule has 1 aromatic heterocycles. The van der Waals surface area contributed by atoms with Crippen LogP contribution in [0.15, 0.2) is 29.4 Å². The quantitative estimate of drug-likeness (QED) is 0.802. The van der Waals surface area contributed by atoms with Crippen molar-refractivity contribution in [2.75, 3.05) is 18.9 Å². The van der Waals surface area contributed by atoms with Crippen molar-refractivity contribution in [3.63, 3.8) is 0 Å². The van der Waals surface area contributed by atoms with Gasteiger partial charge in [0, 0.05) is 24.9 Å². The Bertz CT molecular complexity index is 467. The van der Waals surface area contributed by atoms with Crippen LogP contribution in [0.4, 0.5) is 0 Å². The zero-order chi connectivity index (χ0) is 14.5. The summed E-state index contributed by atoms with van der Waals surface area (Å²) in [6.07, 6.45) is 7.32. The van der Waals surface area contributed by atoms with Gasteiger partial charge in [-0.05, 0) is 25.0 Å². The lowest BCUT2D eigenvalue weighted by Crippen LogP contribution is -2.54. The number of carbonyl (C=O) groups is 1. The second kappa shape index (κ2) is 7.27. The van der Waals surface area contributed by atoms with Crippen molar-refractivity contribution in [3.8, 4) is 0 Å². The second-order valence-corrected chi connectivity index (χ2v) is 6.73. The van der Waals surface area contributed by atoms with E-state index in [0.717, 1.165) is 30.2 Å². The molecule has 1 saturated carbocycles. The molecule has 1 aliphatic carbocycles. The summed E-state index contributed by atoms with van der Waals surface area (Å²) in [6.45, 7) is 1.45. The van der Waals surface area contributed by atoms with Crippen molar-refractivity contribution < 1.29 is 9.53 Å². The van der Waals surface area contributed by atoms with Gasteiger partial charge in [-0.15, -0.1) is 11.8 Å². The van der Waals surface area contributed by atoms with Crippen LogP contribution in [-0.4, -0.2) is 46.8 Å². The lowest BCUT2D eigenvalue weighted by Gasteiger charge is -2.43. The van der Waals surface area contributed by atoms with Crippen LogP contribution in [0, 0.1) is 0 Å². The molecule has 2 atom stereocenters. The number of rotatable bonds is 4. The van der Waals surface area contributed by atoms with Crippen LogP contribution in [0.3, 0.4) is 0 Å². The topological polar surface area (TPSA) is 42.4 Å². The standard InChI is InChI=1S/C16H22N2O2S/c19-16(8-12-21-15-7-3-4-9-17-15)18-10-11-20-14-6-2-1-5-13(14)18/h3-4,7,9,13-14H,1-2,5-6,8,10-12H2. The first kappa shape index (κ1) is 14.9. The van der Waals surface area contributed by atoms with Crippen molar-refractivity contribution in [1.82, 2.24) is 9.88 Å². The van der Waals surface area contributed by atoms with Gasteiger partial charge in [0.05, 0.1) is 23.8 Å². The molecule has 3 rings (SSSR count). The first-order chi connectivity index (χ1) is 10.3. The zero-order valence-corrected chi connectivity index (χ0v) is 13.1. The summed E-state index contributed by atoms with van der Waals surface area (Å²) in [5.74, 6) is 1.07. The van der Waals surface area contributed by atoms with E-state index in [1.165, 1.54) is 12.8 Å². The summed E-state index contributed by atoms with van der Waals surface area (Å²) in [5, 5.41) is 0.989. The molecule has 1 amide bonds. The molecule has 2 heterocycles. The maximum atomic E-state index is 12.5. The van der Waals surface area contributed by atoms with Crippen LogP contribution in [-0.2, 0) is 9.53 Å². The predicted molar refractivity (Wildman–Crippen MR) is 83.3 cm³/mol. The molecule has 0 radical (unpaired) electrons. The number of nitrogens with zero attached hydrogens (tertiary/aromatic N) is 2. The van der Waals surface area contributed by atoms with Crippen LogP contribution in [0.25, 0.3) is 0 Å². The third-order valence-corrected chi connectivity index (χ3v) is 5.20. The molecule has 0 spiro atoms. The van der Waals surface area contributed by atoms with E-state index in [-0.39, 0.29) is 12.0 Å². The molecule has 0 aromatic carbocycles. The fraction of sp³-hybridized carbons (Fsp3) is 0.625. The number of aromatic nitrogens is 1. The van der Waals surface area contributed by atoms with E-state index in [2.05, 4.69) is 9.88 Å². The minimum absolute atomic E-state index is 0.277. The number of ether oxygens (including phenoxy) is 1. The molecule has 2 unspecified atom stereocenters. The normalized spacial score (nSPS) is 25.4. The van der Waals surface area contributed by atoms with Gasteiger partial charge in [-0.3, -0.25) is 4.79 Å². The van der Waals surface area contributed by atoms with Crippen molar-refractivity contribution >= 4 is 17.7 Å². The molecule has 21 heavy (non-hydrogen) atoms. The molecule has 1 saturated heterocycles. The molecule has 1 aliphatic heterocycles. The van der Waals surface area contributed by atoms with E-state index in [1.807, 2.05) is 18.2 Å². The molecule has 2 fully saturated rings. The zero-order valence-electron chi connectivity index (χ0n) is 12.2. The van der Waals surface area contributed by atoms with Crippen LogP contribution < -0.4 is 0 Å². The average molecular weight is 306 g/mol. The van der Waals surface area contributed by atoms with Gasteiger partial charge in [-0.1, -0.05) is 18.9 Å². The van der Waals surface area contributed by atoms with E-state index >= 15 is 0 Å². The Kier molecular flexibility index (Phi) is 5.14. The molecular weight excluding hydrogens is 284 g/mol. The molecular formula is C16H22N2O2S.